The Bertz CT molecular complexity index is 919. The molecule has 0 amide bonds. The molecule has 1 aliphatic heterocycles. The molecule has 3 unspecified atom stereocenters. The van der Waals surface area contributed by atoms with E-state index in [4.69, 9.17) is 11.6 Å². The van der Waals surface area contributed by atoms with Gasteiger partial charge in [0, 0.05) is 29.7 Å². The Morgan fingerprint density at radius 3 is 2.47 bits per heavy atom. The minimum atomic E-state index is 0.583. The van der Waals surface area contributed by atoms with Crippen LogP contribution in [0.15, 0.2) is 36.4 Å². The molecule has 3 atom stereocenters. The zero-order valence-electron chi connectivity index (χ0n) is 21.9. The maximum Gasteiger partial charge on any atom is 0.0408 e. The van der Waals surface area contributed by atoms with Gasteiger partial charge in [0.1, 0.15) is 0 Å². The summed E-state index contributed by atoms with van der Waals surface area (Å²) in [5.74, 6) is 2.40. The van der Waals surface area contributed by atoms with E-state index in [0.717, 1.165) is 36.2 Å². The summed E-state index contributed by atoms with van der Waals surface area (Å²) in [6, 6.07) is 14.0. The highest BCUT2D eigenvalue weighted by atomic mass is 35.5. The predicted molar refractivity (Wildman–Crippen MR) is 150 cm³/mol. The Morgan fingerprint density at radius 1 is 0.882 bits per heavy atom. The topological polar surface area (TPSA) is 3.24 Å². The Balaban J connectivity index is 1.56. The van der Waals surface area contributed by atoms with Crippen molar-refractivity contribution in [3.05, 3.63) is 63.7 Å². The van der Waals surface area contributed by atoms with Crippen LogP contribution in [0.4, 0.5) is 5.69 Å². The average Bonchev–Trinajstić information content (AvgIpc) is 3.01. The largest absolute Gasteiger partial charge is 0.370 e. The standard InChI is InChI=1S/C32H46ClN/c1-4-7-8-9-11-25-14-16-28(25)22-34-23-29(31-19-18-30(33)21-27(31)10-5-2)17-15-26-13-12-24(6-3)20-32(26)34/h12-13,18-21,25,28-29H,4-11,14-17,22-23H2,1-3H3. The van der Waals surface area contributed by atoms with Crippen LogP contribution in [-0.4, -0.2) is 13.1 Å². The fourth-order valence-electron chi connectivity index (χ4n) is 6.38. The molecule has 1 heterocycles. The van der Waals surface area contributed by atoms with Gasteiger partial charge in [0.2, 0.25) is 0 Å². The van der Waals surface area contributed by atoms with Crippen molar-refractivity contribution in [1.82, 2.24) is 0 Å². The minimum absolute atomic E-state index is 0.583. The number of hydrogen-bond acceptors (Lipinski definition) is 1. The van der Waals surface area contributed by atoms with Gasteiger partial charge in [0.25, 0.3) is 0 Å². The van der Waals surface area contributed by atoms with Crippen molar-refractivity contribution >= 4 is 17.3 Å². The summed E-state index contributed by atoms with van der Waals surface area (Å²) >= 11 is 6.42. The maximum absolute atomic E-state index is 6.42. The monoisotopic (exact) mass is 479 g/mol. The van der Waals surface area contributed by atoms with Crippen molar-refractivity contribution in [2.45, 2.75) is 104 Å². The second kappa shape index (κ2) is 12.5. The highest BCUT2D eigenvalue weighted by Crippen LogP contribution is 2.42. The Morgan fingerprint density at radius 2 is 1.74 bits per heavy atom. The Hall–Kier alpha value is -1.47. The second-order valence-electron chi connectivity index (χ2n) is 11.0. The van der Waals surface area contributed by atoms with Gasteiger partial charge < -0.3 is 4.90 Å². The van der Waals surface area contributed by atoms with Crippen molar-refractivity contribution in [3.63, 3.8) is 0 Å². The van der Waals surface area contributed by atoms with Crippen LogP contribution in [0, 0.1) is 11.8 Å². The van der Waals surface area contributed by atoms with Gasteiger partial charge in [-0.25, -0.2) is 0 Å². The molecule has 0 aromatic heterocycles. The van der Waals surface area contributed by atoms with Crippen LogP contribution < -0.4 is 4.90 Å². The first-order chi connectivity index (χ1) is 16.6. The highest BCUT2D eigenvalue weighted by Gasteiger charge is 2.34. The molecule has 1 aliphatic carbocycles. The van der Waals surface area contributed by atoms with E-state index in [0.29, 0.717) is 5.92 Å². The van der Waals surface area contributed by atoms with Crippen LogP contribution in [0.5, 0.6) is 0 Å². The average molecular weight is 480 g/mol. The van der Waals surface area contributed by atoms with Crippen molar-refractivity contribution in [1.29, 1.82) is 0 Å². The summed E-state index contributed by atoms with van der Waals surface area (Å²) in [7, 11) is 0. The molecule has 2 aliphatic rings. The lowest BCUT2D eigenvalue weighted by atomic mass is 9.70. The molecule has 2 heteroatoms. The molecule has 2 aromatic rings. The van der Waals surface area contributed by atoms with Gasteiger partial charge in [-0.1, -0.05) is 89.1 Å². The van der Waals surface area contributed by atoms with Crippen LogP contribution in [0.2, 0.25) is 5.02 Å². The smallest absolute Gasteiger partial charge is 0.0408 e. The third-order valence-electron chi connectivity index (χ3n) is 8.62. The van der Waals surface area contributed by atoms with Crippen LogP contribution in [0.25, 0.3) is 0 Å². The molecule has 1 nitrogen and oxygen atoms in total. The summed E-state index contributed by atoms with van der Waals surface area (Å²) in [4.78, 5) is 2.80. The van der Waals surface area contributed by atoms with Crippen LogP contribution in [-0.2, 0) is 19.3 Å². The number of rotatable bonds is 11. The van der Waals surface area contributed by atoms with Gasteiger partial charge in [-0.3, -0.25) is 0 Å². The van der Waals surface area contributed by atoms with Crippen LogP contribution >= 0.6 is 11.6 Å². The maximum atomic E-state index is 6.42. The molecule has 2 aromatic carbocycles. The molecule has 1 fully saturated rings. The third kappa shape index (κ3) is 6.20. The summed E-state index contributed by atoms with van der Waals surface area (Å²) in [5, 5.41) is 0.883. The Labute approximate surface area is 214 Å². The van der Waals surface area contributed by atoms with Gasteiger partial charge in [0.15, 0.2) is 0 Å². The number of benzene rings is 2. The molecule has 4 rings (SSSR count). The lowest BCUT2D eigenvalue weighted by molar-refractivity contribution is 0.164. The van der Waals surface area contributed by atoms with E-state index >= 15 is 0 Å². The molecule has 0 radical (unpaired) electrons. The summed E-state index contributed by atoms with van der Waals surface area (Å²) < 4.78 is 0. The number of nitrogens with zero attached hydrogens (tertiary/aromatic N) is 1. The van der Waals surface area contributed by atoms with Crippen molar-refractivity contribution in [2.24, 2.45) is 11.8 Å². The number of fused-ring (bicyclic) bond motifs is 1. The van der Waals surface area contributed by atoms with E-state index in [1.165, 1.54) is 87.6 Å². The predicted octanol–water partition coefficient (Wildman–Crippen LogP) is 9.39. The fraction of sp³-hybridized carbons (Fsp3) is 0.625. The highest BCUT2D eigenvalue weighted by molar-refractivity contribution is 6.30. The third-order valence-corrected chi connectivity index (χ3v) is 8.86. The van der Waals surface area contributed by atoms with E-state index in [-0.39, 0.29) is 0 Å². The van der Waals surface area contributed by atoms with Gasteiger partial charge in [-0.05, 0) is 90.8 Å². The summed E-state index contributed by atoms with van der Waals surface area (Å²) in [6.07, 6.45) is 15.7. The zero-order chi connectivity index (χ0) is 23.9. The molecule has 186 valence electrons. The molecule has 0 spiro atoms. The van der Waals surface area contributed by atoms with E-state index in [9.17, 15) is 0 Å². The number of unbranched alkanes of at least 4 members (excludes halogenated alkanes) is 3. The SMILES string of the molecule is CCCCCCC1CCC1CN1CC(c2ccc(Cl)cc2CCC)CCc2ccc(CC)cc21. The van der Waals surface area contributed by atoms with E-state index in [1.54, 1.807) is 11.1 Å². The normalized spacial score (nSPS) is 22.2. The fourth-order valence-corrected chi connectivity index (χ4v) is 6.58. The van der Waals surface area contributed by atoms with E-state index in [2.05, 4.69) is 62.1 Å². The minimum Gasteiger partial charge on any atom is -0.370 e. The first-order valence-electron chi connectivity index (χ1n) is 14.3. The molecule has 0 saturated heterocycles. The van der Waals surface area contributed by atoms with Crippen molar-refractivity contribution < 1.29 is 0 Å². The van der Waals surface area contributed by atoms with Crippen LogP contribution in [0.3, 0.4) is 0 Å². The summed E-state index contributed by atoms with van der Waals surface area (Å²) in [5.41, 5.74) is 7.58. The molecule has 34 heavy (non-hydrogen) atoms. The van der Waals surface area contributed by atoms with E-state index in [1.807, 2.05) is 0 Å². The molecular formula is C32H46ClN. The lowest BCUT2D eigenvalue weighted by Crippen LogP contribution is -2.40. The van der Waals surface area contributed by atoms with Crippen LogP contribution in [0.1, 0.15) is 107 Å². The molecule has 0 N–H and O–H groups in total. The van der Waals surface area contributed by atoms with Crippen molar-refractivity contribution in [2.75, 3.05) is 18.0 Å². The number of hydrogen-bond donors (Lipinski definition) is 0. The molecule has 0 bridgehead atoms. The van der Waals surface area contributed by atoms with Gasteiger partial charge in [0.05, 0.1) is 0 Å². The lowest BCUT2D eigenvalue weighted by Gasteiger charge is -2.42. The first kappa shape index (κ1) is 25.6. The van der Waals surface area contributed by atoms with Gasteiger partial charge >= 0.3 is 0 Å². The number of aryl methyl sites for hydroxylation is 3. The molecule has 1 saturated carbocycles. The first-order valence-corrected chi connectivity index (χ1v) is 14.7. The van der Waals surface area contributed by atoms with Crippen molar-refractivity contribution in [3.8, 4) is 0 Å². The van der Waals surface area contributed by atoms with E-state index < -0.39 is 0 Å². The zero-order valence-corrected chi connectivity index (χ0v) is 22.7. The van der Waals surface area contributed by atoms with Gasteiger partial charge in [-0.2, -0.15) is 0 Å². The second-order valence-corrected chi connectivity index (χ2v) is 11.4. The van der Waals surface area contributed by atoms with Gasteiger partial charge in [-0.15, -0.1) is 0 Å². The Kier molecular flexibility index (Phi) is 9.40. The molecular weight excluding hydrogens is 434 g/mol. The summed E-state index contributed by atoms with van der Waals surface area (Å²) in [6.45, 7) is 9.28. The number of anilines is 1. The quantitative estimate of drug-likeness (QED) is 0.290. The number of halogens is 1.